The molecule has 1 N–H and O–H groups in total. The molecule has 0 saturated carbocycles. The maximum absolute atomic E-state index is 14.7. The van der Waals surface area contributed by atoms with Crippen LogP contribution >= 0.6 is 23.2 Å². The average molecular weight is 713 g/mol. The van der Waals surface area contributed by atoms with Crippen LogP contribution in [-0.4, -0.2) is 58.5 Å². The van der Waals surface area contributed by atoms with Gasteiger partial charge in [-0.25, -0.2) is 8.42 Å². The summed E-state index contributed by atoms with van der Waals surface area (Å²) in [4.78, 5) is 30.0. The van der Waals surface area contributed by atoms with Crippen molar-refractivity contribution in [1.29, 1.82) is 0 Å². The number of nitrogens with zero attached hydrogens (tertiary/aromatic N) is 2. The summed E-state index contributed by atoms with van der Waals surface area (Å²) in [5, 5.41) is 3.68. The van der Waals surface area contributed by atoms with Gasteiger partial charge < -0.3 is 19.7 Å². The molecule has 12 heteroatoms. The predicted octanol–water partition coefficient (Wildman–Crippen LogP) is 6.62. The number of anilines is 1. The molecule has 0 aromatic heterocycles. The minimum absolute atomic E-state index is 0.0182. The summed E-state index contributed by atoms with van der Waals surface area (Å²) in [7, 11) is -1.39. The summed E-state index contributed by atoms with van der Waals surface area (Å²) < 4.78 is 40.3. The van der Waals surface area contributed by atoms with Gasteiger partial charge in [-0.1, -0.05) is 91.6 Å². The number of amides is 2. The number of carbonyl (C=O) groups excluding carboxylic acids is 2. The molecule has 254 valence electrons. The first-order valence-electron chi connectivity index (χ1n) is 15.3. The van der Waals surface area contributed by atoms with Gasteiger partial charge in [0, 0.05) is 35.6 Å². The number of methoxy groups -OCH3 is 2. The summed E-state index contributed by atoms with van der Waals surface area (Å²) in [5.74, 6) is -0.202. The molecule has 4 rings (SSSR count). The molecule has 0 aliphatic carbocycles. The Morgan fingerprint density at radius 3 is 2.08 bits per heavy atom. The molecule has 9 nitrogen and oxygen atoms in total. The van der Waals surface area contributed by atoms with Gasteiger partial charge in [0.2, 0.25) is 11.8 Å². The van der Waals surface area contributed by atoms with Gasteiger partial charge in [0.25, 0.3) is 10.0 Å². The Hall–Kier alpha value is -4.25. The number of carbonyl (C=O) groups is 2. The lowest BCUT2D eigenvalue weighted by atomic mass is 10.0. The quantitative estimate of drug-likeness (QED) is 0.149. The molecule has 48 heavy (non-hydrogen) atoms. The van der Waals surface area contributed by atoms with E-state index in [0.29, 0.717) is 27.9 Å². The highest BCUT2D eigenvalue weighted by Gasteiger charge is 2.35. The molecule has 0 fully saturated rings. The Morgan fingerprint density at radius 2 is 1.48 bits per heavy atom. The molecular formula is C36H39Cl2N3O6S. The Balaban J connectivity index is 1.85. The molecule has 0 bridgehead atoms. The predicted molar refractivity (Wildman–Crippen MR) is 189 cm³/mol. The second kappa shape index (κ2) is 16.7. The Morgan fingerprint density at radius 1 is 0.833 bits per heavy atom. The highest BCUT2D eigenvalue weighted by molar-refractivity contribution is 7.92. The normalized spacial score (nSPS) is 11.9. The zero-order valence-electron chi connectivity index (χ0n) is 27.2. The van der Waals surface area contributed by atoms with Gasteiger partial charge in [-0.05, 0) is 53.4 Å². The maximum Gasteiger partial charge on any atom is 0.264 e. The molecular weight excluding hydrogens is 673 g/mol. The number of rotatable bonds is 15. The highest BCUT2D eigenvalue weighted by Crippen LogP contribution is 2.34. The molecule has 0 aliphatic rings. The van der Waals surface area contributed by atoms with Crippen LogP contribution in [0, 0.1) is 5.92 Å². The lowest BCUT2D eigenvalue weighted by Gasteiger charge is -2.34. The molecule has 0 heterocycles. The smallest absolute Gasteiger partial charge is 0.264 e. The summed E-state index contributed by atoms with van der Waals surface area (Å²) >= 11 is 12.8. The number of nitrogens with one attached hydrogen (secondary N) is 1. The van der Waals surface area contributed by atoms with Crippen molar-refractivity contribution in [3.63, 3.8) is 0 Å². The fraction of sp³-hybridized carbons (Fsp3) is 0.278. The van der Waals surface area contributed by atoms with Crippen LogP contribution in [0.2, 0.25) is 10.0 Å². The van der Waals surface area contributed by atoms with Crippen molar-refractivity contribution < 1.29 is 27.5 Å². The van der Waals surface area contributed by atoms with Crippen molar-refractivity contribution in [2.75, 3.05) is 31.6 Å². The standard InChI is InChI=1S/C36H39Cl2N3O6S/c1-25(2)22-39-36(43)32(19-26-11-7-5-8-12-26)40(23-27-15-16-28(37)20-31(27)38)35(42)24-41(48(44,45)30-13-9-6-10-14-30)29-17-18-33(46-3)34(21-29)47-4/h5-18,20-21,25,32H,19,22-24H2,1-4H3,(H,39,43)/t32-/m1/s1. The number of sulfonamides is 1. The van der Waals surface area contributed by atoms with Crippen LogP contribution in [0.4, 0.5) is 5.69 Å². The van der Waals surface area contributed by atoms with Gasteiger partial charge in [-0.3, -0.25) is 13.9 Å². The second-order valence-corrected chi connectivity index (χ2v) is 14.2. The molecule has 2 amide bonds. The lowest BCUT2D eigenvalue weighted by molar-refractivity contribution is -0.140. The first kappa shape index (κ1) is 36.6. The van der Waals surface area contributed by atoms with E-state index in [1.54, 1.807) is 42.5 Å². The third-order valence-corrected chi connectivity index (χ3v) is 9.95. The van der Waals surface area contributed by atoms with Gasteiger partial charge in [-0.2, -0.15) is 0 Å². The zero-order chi connectivity index (χ0) is 34.8. The van der Waals surface area contributed by atoms with Gasteiger partial charge in [0.05, 0.1) is 24.8 Å². The van der Waals surface area contributed by atoms with E-state index < -0.39 is 28.5 Å². The molecule has 0 aliphatic heterocycles. The molecule has 0 spiro atoms. The number of hydrogen-bond acceptors (Lipinski definition) is 6. The fourth-order valence-corrected chi connectivity index (χ4v) is 6.93. The van der Waals surface area contributed by atoms with E-state index in [9.17, 15) is 18.0 Å². The molecule has 4 aromatic rings. The van der Waals surface area contributed by atoms with Crippen LogP contribution in [-0.2, 0) is 32.6 Å². The van der Waals surface area contributed by atoms with E-state index in [1.165, 1.54) is 43.4 Å². The number of benzene rings is 4. The Bertz CT molecular complexity index is 1810. The summed E-state index contributed by atoms with van der Waals surface area (Å²) in [6, 6.07) is 25.6. The highest BCUT2D eigenvalue weighted by atomic mass is 35.5. The topological polar surface area (TPSA) is 105 Å². The minimum atomic E-state index is -4.29. The van der Waals surface area contributed by atoms with Crippen LogP contribution in [0.1, 0.15) is 25.0 Å². The zero-order valence-corrected chi connectivity index (χ0v) is 29.6. The van der Waals surface area contributed by atoms with Gasteiger partial charge in [-0.15, -0.1) is 0 Å². The number of halogens is 2. The van der Waals surface area contributed by atoms with Crippen molar-refractivity contribution in [2.24, 2.45) is 5.92 Å². The van der Waals surface area contributed by atoms with E-state index in [4.69, 9.17) is 32.7 Å². The summed E-state index contributed by atoms with van der Waals surface area (Å²) in [5.41, 5.74) is 1.52. The molecule has 0 saturated heterocycles. The van der Waals surface area contributed by atoms with Crippen LogP contribution in [0.3, 0.4) is 0 Å². The molecule has 0 radical (unpaired) electrons. The number of hydrogen-bond donors (Lipinski definition) is 1. The van der Waals surface area contributed by atoms with E-state index in [1.807, 2.05) is 44.2 Å². The second-order valence-electron chi connectivity index (χ2n) is 11.5. The van der Waals surface area contributed by atoms with E-state index >= 15 is 0 Å². The van der Waals surface area contributed by atoms with Crippen molar-refractivity contribution in [3.05, 3.63) is 118 Å². The fourth-order valence-electron chi connectivity index (χ4n) is 5.04. The third-order valence-electron chi connectivity index (χ3n) is 7.58. The number of ether oxygens (including phenoxy) is 2. The van der Waals surface area contributed by atoms with Crippen molar-refractivity contribution in [2.45, 2.75) is 37.8 Å². The van der Waals surface area contributed by atoms with Crippen molar-refractivity contribution in [3.8, 4) is 11.5 Å². The first-order chi connectivity index (χ1) is 22.9. The average Bonchev–Trinajstić information content (AvgIpc) is 3.08. The lowest BCUT2D eigenvalue weighted by Crippen LogP contribution is -2.53. The van der Waals surface area contributed by atoms with Crippen LogP contribution < -0.4 is 19.1 Å². The minimum Gasteiger partial charge on any atom is -0.493 e. The van der Waals surface area contributed by atoms with Crippen LogP contribution in [0.25, 0.3) is 0 Å². The van der Waals surface area contributed by atoms with Crippen LogP contribution in [0.5, 0.6) is 11.5 Å². The van der Waals surface area contributed by atoms with E-state index in [2.05, 4.69) is 5.32 Å². The first-order valence-corrected chi connectivity index (χ1v) is 17.5. The van der Waals surface area contributed by atoms with Gasteiger partial charge >= 0.3 is 0 Å². The van der Waals surface area contributed by atoms with Gasteiger partial charge in [0.1, 0.15) is 12.6 Å². The van der Waals surface area contributed by atoms with Crippen LogP contribution in [0.15, 0.2) is 102 Å². The Kier molecular flexibility index (Phi) is 12.7. The third kappa shape index (κ3) is 9.21. The summed E-state index contributed by atoms with van der Waals surface area (Å²) in [6.07, 6.45) is 0.170. The maximum atomic E-state index is 14.7. The van der Waals surface area contributed by atoms with Gasteiger partial charge in [0.15, 0.2) is 11.5 Å². The molecule has 0 unspecified atom stereocenters. The molecule has 4 aromatic carbocycles. The summed E-state index contributed by atoms with van der Waals surface area (Å²) in [6.45, 7) is 3.60. The molecule has 1 atom stereocenters. The SMILES string of the molecule is COc1ccc(N(CC(=O)N(Cc2ccc(Cl)cc2Cl)[C@H](Cc2ccccc2)C(=O)NCC(C)C)S(=O)(=O)c2ccccc2)cc1OC. The van der Waals surface area contributed by atoms with E-state index in [0.717, 1.165) is 9.87 Å². The van der Waals surface area contributed by atoms with Crippen molar-refractivity contribution in [1.82, 2.24) is 10.2 Å². The van der Waals surface area contributed by atoms with Crippen molar-refractivity contribution >= 4 is 50.7 Å². The Labute approximate surface area is 292 Å². The monoisotopic (exact) mass is 711 g/mol. The van der Waals surface area contributed by atoms with E-state index in [-0.39, 0.29) is 41.1 Å². The largest absolute Gasteiger partial charge is 0.493 e.